The maximum absolute atomic E-state index is 14.1. The van der Waals surface area contributed by atoms with E-state index < -0.39 is 12.1 Å². The number of carbonyl (C=O) groups excluding carboxylic acids is 1. The molecular formula is C18H18F4N6O3. The van der Waals surface area contributed by atoms with Gasteiger partial charge in [-0.2, -0.15) is 13.2 Å². The molecule has 2 heterocycles. The van der Waals surface area contributed by atoms with Crippen molar-refractivity contribution in [3.8, 4) is 0 Å². The number of imidazole rings is 1. The van der Waals surface area contributed by atoms with Crippen LogP contribution in [0.5, 0.6) is 0 Å². The summed E-state index contributed by atoms with van der Waals surface area (Å²) < 4.78 is 45.8. The number of alkyl halides is 3. The van der Waals surface area contributed by atoms with E-state index >= 15 is 0 Å². The summed E-state index contributed by atoms with van der Waals surface area (Å²) in [5.41, 5.74) is 2.40. The van der Waals surface area contributed by atoms with Crippen LogP contribution in [-0.4, -0.2) is 62.1 Å². The van der Waals surface area contributed by atoms with E-state index in [2.05, 4.69) is 25.3 Å². The number of amides is 1. The molecule has 9 nitrogen and oxygen atoms in total. The highest BCUT2D eigenvalue weighted by atomic mass is 19.4. The second kappa shape index (κ2) is 9.93. The standard InChI is InChI=1S/C16H17FN6O.C2HF3O2/c1-23(2)7-11-4-3-10(5-12(11)17)6-18-16(24)14-13-15(21-8-19-13)22-9-20-14;3-2(4,5)1(6)7/h3-5,8-9H,6-7H2,1-2H3,(H,18,24)(H,19,20,21,22);(H,6,7). The second-order valence-corrected chi connectivity index (χ2v) is 6.47. The molecule has 1 aromatic carbocycles. The summed E-state index contributed by atoms with van der Waals surface area (Å²) in [6.45, 7) is 0.731. The van der Waals surface area contributed by atoms with E-state index in [1.54, 1.807) is 12.1 Å². The molecule has 0 saturated carbocycles. The lowest BCUT2D eigenvalue weighted by Gasteiger charge is -2.12. The molecule has 0 aliphatic rings. The summed E-state index contributed by atoms with van der Waals surface area (Å²) in [5.74, 6) is -3.41. The monoisotopic (exact) mass is 442 g/mol. The molecule has 0 bridgehead atoms. The second-order valence-electron chi connectivity index (χ2n) is 6.47. The molecule has 0 radical (unpaired) electrons. The van der Waals surface area contributed by atoms with Crippen LogP contribution in [0.15, 0.2) is 30.9 Å². The lowest BCUT2D eigenvalue weighted by molar-refractivity contribution is -0.192. The van der Waals surface area contributed by atoms with E-state index in [1.165, 1.54) is 18.7 Å². The zero-order chi connectivity index (χ0) is 23.2. The number of halogens is 4. The summed E-state index contributed by atoms with van der Waals surface area (Å²) in [6.07, 6.45) is -2.34. The Hall–Kier alpha value is -3.61. The highest BCUT2D eigenvalue weighted by Crippen LogP contribution is 2.14. The summed E-state index contributed by atoms with van der Waals surface area (Å²) in [4.78, 5) is 37.8. The Labute approximate surface area is 173 Å². The van der Waals surface area contributed by atoms with Crippen molar-refractivity contribution in [1.82, 2.24) is 30.2 Å². The van der Waals surface area contributed by atoms with Gasteiger partial charge in [-0.25, -0.2) is 24.1 Å². The minimum Gasteiger partial charge on any atom is -0.475 e. The molecular weight excluding hydrogens is 424 g/mol. The Kier molecular flexibility index (Phi) is 7.58. The van der Waals surface area contributed by atoms with Crippen LogP contribution in [0.3, 0.4) is 0 Å². The molecule has 1 amide bonds. The van der Waals surface area contributed by atoms with Crippen molar-refractivity contribution in [1.29, 1.82) is 0 Å². The van der Waals surface area contributed by atoms with E-state index in [4.69, 9.17) is 9.90 Å². The Balaban J connectivity index is 0.000000423. The van der Waals surface area contributed by atoms with E-state index in [0.717, 1.165) is 0 Å². The lowest BCUT2D eigenvalue weighted by atomic mass is 10.1. The van der Waals surface area contributed by atoms with Gasteiger partial charge < -0.3 is 20.3 Å². The molecule has 2 aromatic heterocycles. The van der Waals surface area contributed by atoms with E-state index in [1.807, 2.05) is 19.0 Å². The molecule has 0 aliphatic heterocycles. The topological polar surface area (TPSA) is 124 Å². The number of carboxylic acids is 1. The molecule has 0 fully saturated rings. The van der Waals surface area contributed by atoms with Crippen molar-refractivity contribution in [2.45, 2.75) is 19.3 Å². The number of aliphatic carboxylic acids is 1. The van der Waals surface area contributed by atoms with Gasteiger partial charge in [-0.15, -0.1) is 0 Å². The molecule has 0 unspecified atom stereocenters. The molecule has 13 heteroatoms. The molecule has 3 N–H and O–H groups in total. The van der Waals surface area contributed by atoms with Crippen LogP contribution < -0.4 is 5.32 Å². The van der Waals surface area contributed by atoms with Gasteiger partial charge in [0.2, 0.25) is 0 Å². The Bertz CT molecular complexity index is 1070. The molecule has 3 rings (SSSR count). The molecule has 0 aliphatic carbocycles. The van der Waals surface area contributed by atoms with Gasteiger partial charge in [-0.1, -0.05) is 12.1 Å². The van der Waals surface area contributed by atoms with E-state index in [-0.39, 0.29) is 24.0 Å². The maximum Gasteiger partial charge on any atom is 0.490 e. The van der Waals surface area contributed by atoms with Gasteiger partial charge in [0.15, 0.2) is 11.3 Å². The van der Waals surface area contributed by atoms with E-state index in [9.17, 15) is 22.4 Å². The van der Waals surface area contributed by atoms with Gasteiger partial charge in [0.05, 0.1) is 6.33 Å². The fourth-order valence-corrected chi connectivity index (χ4v) is 2.37. The number of fused-ring (bicyclic) bond motifs is 1. The first kappa shape index (κ1) is 23.7. The number of hydrogen-bond donors (Lipinski definition) is 3. The van der Waals surface area contributed by atoms with Crippen LogP contribution in [0, 0.1) is 5.82 Å². The predicted octanol–water partition coefficient (Wildman–Crippen LogP) is 2.12. The minimum absolute atomic E-state index is 0.206. The largest absolute Gasteiger partial charge is 0.490 e. The zero-order valence-corrected chi connectivity index (χ0v) is 16.4. The van der Waals surface area contributed by atoms with Crippen LogP contribution in [0.4, 0.5) is 17.6 Å². The fourth-order valence-electron chi connectivity index (χ4n) is 2.37. The van der Waals surface area contributed by atoms with Crippen molar-refractivity contribution < 1.29 is 32.3 Å². The normalized spacial score (nSPS) is 11.2. The summed E-state index contributed by atoms with van der Waals surface area (Å²) in [5, 5.41) is 9.86. The first-order chi connectivity index (χ1) is 14.5. The average Bonchev–Trinajstić information content (AvgIpc) is 3.16. The van der Waals surface area contributed by atoms with Crippen molar-refractivity contribution >= 4 is 23.0 Å². The van der Waals surface area contributed by atoms with E-state index in [0.29, 0.717) is 28.8 Å². The summed E-state index contributed by atoms with van der Waals surface area (Å²) in [6, 6.07) is 4.97. The highest BCUT2D eigenvalue weighted by Gasteiger charge is 2.38. The maximum atomic E-state index is 14.1. The van der Waals surface area contributed by atoms with Crippen molar-refractivity contribution in [3.05, 3.63) is 53.5 Å². The smallest absolute Gasteiger partial charge is 0.475 e. The van der Waals surface area contributed by atoms with Gasteiger partial charge in [0.25, 0.3) is 5.91 Å². The molecule has 0 atom stereocenters. The molecule has 166 valence electrons. The SMILES string of the molecule is CN(C)Cc1ccc(CNC(=O)c2ncnc3nc[nH]c23)cc1F.O=C(O)C(F)(F)F. The van der Waals surface area contributed by atoms with Gasteiger partial charge in [0.1, 0.15) is 17.7 Å². The van der Waals surface area contributed by atoms with Crippen LogP contribution in [0.25, 0.3) is 11.2 Å². The van der Waals surface area contributed by atoms with Crippen molar-refractivity contribution in [3.63, 3.8) is 0 Å². The third kappa shape index (κ3) is 6.70. The number of benzene rings is 1. The summed E-state index contributed by atoms with van der Waals surface area (Å²) in [7, 11) is 3.76. The number of carbonyl (C=O) groups is 2. The number of aromatic amines is 1. The Morgan fingerprint density at radius 2 is 1.87 bits per heavy atom. The number of hydrogen-bond acceptors (Lipinski definition) is 6. The van der Waals surface area contributed by atoms with Crippen molar-refractivity contribution in [2.24, 2.45) is 0 Å². The predicted molar refractivity (Wildman–Crippen MR) is 100 cm³/mol. The number of carboxylic acid groups (broad SMARTS) is 1. The van der Waals surface area contributed by atoms with Gasteiger partial charge in [-0.3, -0.25) is 4.79 Å². The van der Waals surface area contributed by atoms with Gasteiger partial charge >= 0.3 is 12.1 Å². The quantitative estimate of drug-likeness (QED) is 0.517. The summed E-state index contributed by atoms with van der Waals surface area (Å²) >= 11 is 0. The third-order valence-electron chi connectivity index (χ3n) is 3.74. The molecule has 0 spiro atoms. The zero-order valence-electron chi connectivity index (χ0n) is 16.4. The van der Waals surface area contributed by atoms with Crippen LogP contribution in [0.1, 0.15) is 21.6 Å². The average molecular weight is 442 g/mol. The number of H-pyrrole nitrogens is 1. The fraction of sp³-hybridized carbons (Fsp3) is 0.278. The Morgan fingerprint density at radius 3 is 2.45 bits per heavy atom. The molecule has 31 heavy (non-hydrogen) atoms. The van der Waals surface area contributed by atoms with Gasteiger partial charge in [0, 0.05) is 18.7 Å². The Morgan fingerprint density at radius 1 is 1.19 bits per heavy atom. The number of rotatable bonds is 5. The first-order valence-electron chi connectivity index (χ1n) is 8.63. The number of nitrogens with one attached hydrogen (secondary N) is 2. The minimum atomic E-state index is -5.08. The van der Waals surface area contributed by atoms with Crippen LogP contribution in [-0.2, 0) is 17.9 Å². The third-order valence-corrected chi connectivity index (χ3v) is 3.74. The van der Waals surface area contributed by atoms with Crippen LogP contribution in [0.2, 0.25) is 0 Å². The lowest BCUT2D eigenvalue weighted by Crippen LogP contribution is -2.24. The number of aromatic nitrogens is 4. The van der Waals surface area contributed by atoms with Gasteiger partial charge in [-0.05, 0) is 25.7 Å². The highest BCUT2D eigenvalue weighted by molar-refractivity contribution is 6.01. The first-order valence-corrected chi connectivity index (χ1v) is 8.63. The number of nitrogens with zero attached hydrogens (tertiary/aromatic N) is 4. The molecule has 3 aromatic rings. The van der Waals surface area contributed by atoms with Crippen molar-refractivity contribution in [2.75, 3.05) is 14.1 Å². The van der Waals surface area contributed by atoms with Crippen LogP contribution >= 0.6 is 0 Å². The molecule has 0 saturated heterocycles.